The number of fused-ring (bicyclic) bond motifs is 8. The molecule has 6 amide bonds. The van der Waals surface area contributed by atoms with E-state index in [4.69, 9.17) is 9.47 Å². The fourth-order valence-corrected chi connectivity index (χ4v) is 14.3. The average Bonchev–Trinajstić information content (AvgIpc) is 2.37. The molecule has 86 heavy (non-hydrogen) atoms. The molecular formula is C72H64N6O8. The number of nitrogens with one attached hydrogen (secondary N) is 2. The lowest BCUT2D eigenvalue weighted by atomic mass is 9.91. The molecule has 0 radical (unpaired) electrons. The van der Waals surface area contributed by atoms with Gasteiger partial charge in [0.25, 0.3) is 11.8 Å². The minimum Gasteiger partial charge on any atom is -0.448 e. The molecule has 14 rings (SSSR count). The highest BCUT2D eigenvalue weighted by Crippen LogP contribution is 2.47. The molecule has 2 saturated heterocycles. The Morgan fingerprint density at radius 3 is 1.06 bits per heavy atom. The van der Waals surface area contributed by atoms with Crippen LogP contribution in [0.5, 0.6) is 0 Å². The molecule has 14 nitrogen and oxygen atoms in total. The van der Waals surface area contributed by atoms with Gasteiger partial charge in [0.05, 0.1) is 0 Å². The molecule has 0 spiro atoms. The van der Waals surface area contributed by atoms with Crippen LogP contribution in [-0.4, -0.2) is 107 Å². The Morgan fingerprint density at radius 1 is 0.372 bits per heavy atom. The van der Waals surface area contributed by atoms with Crippen LogP contribution < -0.4 is 10.6 Å². The van der Waals surface area contributed by atoms with Crippen LogP contribution in [0.25, 0.3) is 33.4 Å². The molecule has 0 unspecified atom stereocenters. The predicted octanol–water partition coefficient (Wildman–Crippen LogP) is 12.3. The van der Waals surface area contributed by atoms with Crippen LogP contribution in [0.15, 0.2) is 194 Å². The van der Waals surface area contributed by atoms with Gasteiger partial charge in [0.1, 0.15) is 37.4 Å². The second kappa shape index (κ2) is 23.0. The van der Waals surface area contributed by atoms with E-state index < -0.39 is 36.4 Å². The standard InChI is InChI=1S/C72H64N6O8/c79-67(63-27-13-39-75(63)69(81)65-51-17-3-1-15-47(51)37-41-77(65)71(83)85-43-61-57-23-9-5-19-53(57)54-20-6-10-24-58(54)61)73-49-33-29-45(30-34-49)46-31-35-50(36-32-46)74-68(80)64-28-14-40-76(64)70(82)66-52-18-4-2-16-48(52)38-42-78(66)72(84)86-44-62-59-25-11-7-21-55(59)56-22-8-12-26-60(56)62/h1-12,15-26,29-36,61-66H,13-14,27-28,37-44H2,(H,73,79)(H,74,80)/t63-,64-,65+,66+/m0/s1. The summed E-state index contributed by atoms with van der Waals surface area (Å²) in [6.45, 7) is 1.60. The Labute approximate surface area is 499 Å². The summed E-state index contributed by atoms with van der Waals surface area (Å²) in [4.78, 5) is 92.9. The van der Waals surface area contributed by atoms with Crippen molar-refractivity contribution in [2.75, 3.05) is 50.0 Å². The summed E-state index contributed by atoms with van der Waals surface area (Å²) in [6, 6.07) is 59.7. The second-order valence-electron chi connectivity index (χ2n) is 23.2. The summed E-state index contributed by atoms with van der Waals surface area (Å²) in [5.41, 5.74) is 15.3. The monoisotopic (exact) mass is 1140 g/mol. The van der Waals surface area contributed by atoms with Gasteiger partial charge >= 0.3 is 12.2 Å². The maximum atomic E-state index is 14.9. The first-order chi connectivity index (χ1) is 42.2. The molecule has 4 heterocycles. The van der Waals surface area contributed by atoms with Crippen molar-refractivity contribution in [3.8, 4) is 33.4 Å². The van der Waals surface area contributed by atoms with Crippen molar-refractivity contribution in [1.29, 1.82) is 0 Å². The van der Waals surface area contributed by atoms with E-state index in [9.17, 15) is 28.8 Å². The minimum atomic E-state index is -0.952. The summed E-state index contributed by atoms with van der Waals surface area (Å²) in [7, 11) is 0. The molecule has 2 fully saturated rings. The van der Waals surface area contributed by atoms with Gasteiger partial charge in [0.2, 0.25) is 11.8 Å². The lowest BCUT2D eigenvalue weighted by Crippen LogP contribution is -2.52. The van der Waals surface area contributed by atoms with Crippen LogP contribution in [0.3, 0.4) is 0 Å². The van der Waals surface area contributed by atoms with Gasteiger partial charge in [-0.2, -0.15) is 0 Å². The van der Waals surface area contributed by atoms with Crippen LogP contribution in [0.4, 0.5) is 21.0 Å². The highest BCUT2D eigenvalue weighted by Gasteiger charge is 2.46. The Hall–Kier alpha value is -9.82. The fourth-order valence-electron chi connectivity index (χ4n) is 14.3. The van der Waals surface area contributed by atoms with E-state index in [1.54, 1.807) is 19.6 Å². The number of hydrogen-bond acceptors (Lipinski definition) is 8. The molecule has 8 aromatic rings. The first-order valence-corrected chi connectivity index (χ1v) is 30.0. The van der Waals surface area contributed by atoms with Crippen LogP contribution in [-0.2, 0) is 41.5 Å². The highest BCUT2D eigenvalue weighted by molar-refractivity contribution is 6.01. The minimum absolute atomic E-state index is 0.126. The van der Waals surface area contributed by atoms with E-state index in [-0.39, 0.29) is 48.7 Å². The normalized spacial score (nSPS) is 19.1. The number of anilines is 2. The Kier molecular flexibility index (Phi) is 14.5. The van der Waals surface area contributed by atoms with Crippen molar-refractivity contribution in [1.82, 2.24) is 19.6 Å². The van der Waals surface area contributed by atoms with Crippen LogP contribution in [0.1, 0.15) is 94.1 Å². The second-order valence-corrected chi connectivity index (χ2v) is 23.2. The van der Waals surface area contributed by atoms with Crippen molar-refractivity contribution < 1.29 is 38.2 Å². The molecule has 6 aliphatic rings. The first kappa shape index (κ1) is 54.1. The molecular weight excluding hydrogens is 1080 g/mol. The highest BCUT2D eigenvalue weighted by atomic mass is 16.6. The summed E-state index contributed by atoms with van der Waals surface area (Å²) in [5.74, 6) is -1.50. The van der Waals surface area contributed by atoms with E-state index in [0.717, 1.165) is 77.9 Å². The van der Waals surface area contributed by atoms with Crippen molar-refractivity contribution in [2.45, 2.75) is 74.5 Å². The lowest BCUT2D eigenvalue weighted by Gasteiger charge is -2.38. The number of amides is 6. The van der Waals surface area contributed by atoms with Crippen molar-refractivity contribution in [3.63, 3.8) is 0 Å². The number of carbonyl (C=O) groups excluding carboxylic acids is 6. The molecule has 2 N–H and O–H groups in total. The quantitative estimate of drug-likeness (QED) is 0.130. The topological polar surface area (TPSA) is 158 Å². The SMILES string of the molecule is O=C(Nc1ccc(-c2ccc(NC(=O)[C@@H]3CCCN3C(=O)[C@H]3c4ccccc4CCN3C(=O)OCC3c4ccccc4-c4ccccc43)cc2)cc1)[C@@H]1CCCN1C(=O)[C@H]1c2ccccc2CCN1C(=O)OCC1c2ccccc2-c2ccccc21. The summed E-state index contributed by atoms with van der Waals surface area (Å²) in [5, 5.41) is 6.11. The van der Waals surface area contributed by atoms with Crippen LogP contribution >= 0.6 is 0 Å². The Morgan fingerprint density at radius 2 is 0.698 bits per heavy atom. The van der Waals surface area contributed by atoms with E-state index >= 15 is 0 Å². The number of rotatable bonds is 11. The molecule has 2 aliphatic carbocycles. The smallest absolute Gasteiger partial charge is 0.410 e. The maximum Gasteiger partial charge on any atom is 0.410 e. The van der Waals surface area contributed by atoms with E-state index in [0.29, 0.717) is 76.1 Å². The van der Waals surface area contributed by atoms with Crippen molar-refractivity contribution >= 4 is 47.2 Å². The zero-order chi connectivity index (χ0) is 58.4. The lowest BCUT2D eigenvalue weighted by molar-refractivity contribution is -0.141. The number of likely N-dealkylation sites (tertiary alicyclic amines) is 2. The van der Waals surface area contributed by atoms with Gasteiger partial charge in [-0.25, -0.2) is 9.59 Å². The molecule has 4 atom stereocenters. The number of ether oxygens (including phenoxy) is 2. The van der Waals surface area contributed by atoms with Gasteiger partial charge < -0.3 is 29.9 Å². The van der Waals surface area contributed by atoms with Crippen LogP contribution in [0, 0.1) is 0 Å². The number of carbonyl (C=O) groups is 6. The average molecular weight is 1140 g/mol. The Balaban J connectivity index is 0.608. The predicted molar refractivity (Wildman–Crippen MR) is 328 cm³/mol. The summed E-state index contributed by atoms with van der Waals surface area (Å²) >= 11 is 0. The van der Waals surface area contributed by atoms with E-state index in [1.165, 1.54) is 0 Å². The molecule has 0 saturated carbocycles. The zero-order valence-electron chi connectivity index (χ0n) is 47.5. The molecule has 0 aromatic heterocycles. The van der Waals surface area contributed by atoms with E-state index in [1.807, 2.05) is 146 Å². The molecule has 4 aliphatic heterocycles. The largest absolute Gasteiger partial charge is 0.448 e. The molecule has 14 heteroatoms. The van der Waals surface area contributed by atoms with Gasteiger partial charge in [-0.3, -0.25) is 29.0 Å². The third-order valence-corrected chi connectivity index (χ3v) is 18.5. The fraction of sp³-hybridized carbons (Fsp3) is 0.250. The number of hydrogen-bond donors (Lipinski definition) is 2. The summed E-state index contributed by atoms with van der Waals surface area (Å²) < 4.78 is 12.3. The third-order valence-electron chi connectivity index (χ3n) is 18.5. The van der Waals surface area contributed by atoms with Gasteiger partial charge in [-0.05, 0) is 141 Å². The molecule has 430 valence electrons. The number of nitrogens with zero attached hydrogens (tertiary/aromatic N) is 4. The van der Waals surface area contributed by atoms with Gasteiger partial charge in [0, 0.05) is 49.4 Å². The van der Waals surface area contributed by atoms with Gasteiger partial charge in [-0.15, -0.1) is 0 Å². The summed E-state index contributed by atoms with van der Waals surface area (Å²) in [6.07, 6.45) is 2.24. The molecule has 0 bridgehead atoms. The van der Waals surface area contributed by atoms with Crippen molar-refractivity contribution in [3.05, 3.63) is 239 Å². The van der Waals surface area contributed by atoms with Crippen LogP contribution in [0.2, 0.25) is 0 Å². The third kappa shape index (κ3) is 9.91. The van der Waals surface area contributed by atoms with E-state index in [2.05, 4.69) is 59.2 Å². The first-order valence-electron chi connectivity index (χ1n) is 30.0. The number of benzene rings is 8. The van der Waals surface area contributed by atoms with Gasteiger partial charge in [0.15, 0.2) is 0 Å². The zero-order valence-corrected chi connectivity index (χ0v) is 47.5. The molecule has 8 aromatic carbocycles. The van der Waals surface area contributed by atoms with Crippen molar-refractivity contribution in [2.24, 2.45) is 0 Å². The Bertz CT molecular complexity index is 3630. The maximum absolute atomic E-state index is 14.9. The van der Waals surface area contributed by atoms with Gasteiger partial charge in [-0.1, -0.05) is 170 Å².